The summed E-state index contributed by atoms with van der Waals surface area (Å²) in [4.78, 5) is 21.3. The fraction of sp³-hybridized carbons (Fsp3) is 0.333. The molecular weight excluding hydrogens is 326 g/mol. The van der Waals surface area contributed by atoms with Gasteiger partial charge in [-0.15, -0.1) is 0 Å². The minimum absolute atomic E-state index is 0.0130. The molecule has 0 radical (unpaired) electrons. The van der Waals surface area contributed by atoms with Crippen LogP contribution < -0.4 is 4.74 Å². The number of rotatable bonds is 4. The Labute approximate surface area is 146 Å². The monoisotopic (exact) mass is 345 g/mol. The number of halogens is 1. The van der Waals surface area contributed by atoms with Gasteiger partial charge in [-0.1, -0.05) is 17.7 Å². The zero-order valence-electron chi connectivity index (χ0n) is 13.6. The largest absolute Gasteiger partial charge is 0.496 e. The number of carbonyl (C=O) groups is 1. The number of aromatic nitrogens is 1. The molecule has 1 aliphatic rings. The van der Waals surface area contributed by atoms with Gasteiger partial charge in [-0.2, -0.15) is 0 Å². The number of amides is 1. The minimum atomic E-state index is -0.0130. The first kappa shape index (κ1) is 16.7. The molecule has 0 N–H and O–H groups in total. The topological polar surface area (TPSA) is 45.7 Å². The lowest BCUT2D eigenvalue weighted by molar-refractivity contribution is 0.0624. The van der Waals surface area contributed by atoms with Gasteiger partial charge in [0.2, 0.25) is 0 Å². The average Bonchev–Trinajstić information content (AvgIpc) is 2.62. The Balaban J connectivity index is 1.61. The van der Waals surface area contributed by atoms with E-state index in [4.69, 9.17) is 16.3 Å². The van der Waals surface area contributed by atoms with E-state index in [9.17, 15) is 4.79 Å². The number of pyridine rings is 1. The Kier molecular flexibility index (Phi) is 5.33. The molecular formula is C18H20ClN3O2. The molecule has 0 atom stereocenters. The summed E-state index contributed by atoms with van der Waals surface area (Å²) in [6, 6.07) is 11.1. The summed E-state index contributed by atoms with van der Waals surface area (Å²) in [5.74, 6) is 0.504. The normalized spacial score (nSPS) is 15.3. The molecule has 1 aromatic heterocycles. The molecule has 5 nitrogen and oxygen atoms in total. The molecule has 6 heteroatoms. The van der Waals surface area contributed by atoms with Crippen LogP contribution in [0.3, 0.4) is 0 Å². The lowest BCUT2D eigenvalue weighted by Gasteiger charge is -2.34. The number of hydrogen-bond donors (Lipinski definition) is 0. The fourth-order valence-corrected chi connectivity index (χ4v) is 3.00. The number of methoxy groups -OCH3 is 1. The maximum absolute atomic E-state index is 12.7. The van der Waals surface area contributed by atoms with Gasteiger partial charge in [0.05, 0.1) is 18.4 Å². The van der Waals surface area contributed by atoms with Crippen molar-refractivity contribution in [2.45, 2.75) is 6.54 Å². The Hall–Kier alpha value is -2.11. The number of benzene rings is 1. The molecule has 0 saturated carbocycles. The van der Waals surface area contributed by atoms with Crippen molar-refractivity contribution in [3.63, 3.8) is 0 Å². The highest BCUT2D eigenvalue weighted by molar-refractivity contribution is 6.30. The molecule has 0 spiro atoms. The lowest BCUT2D eigenvalue weighted by Crippen LogP contribution is -2.48. The van der Waals surface area contributed by atoms with Crippen LogP contribution in [0, 0.1) is 0 Å². The number of piperazine rings is 1. The van der Waals surface area contributed by atoms with E-state index in [1.807, 2.05) is 29.3 Å². The summed E-state index contributed by atoms with van der Waals surface area (Å²) in [5.41, 5.74) is 1.61. The quantitative estimate of drug-likeness (QED) is 0.854. The van der Waals surface area contributed by atoms with E-state index in [0.29, 0.717) is 29.4 Å². The van der Waals surface area contributed by atoms with Crippen LogP contribution in [0.1, 0.15) is 16.1 Å². The van der Waals surface area contributed by atoms with Crippen LogP contribution in [-0.2, 0) is 6.54 Å². The van der Waals surface area contributed by atoms with Crippen LogP contribution in [0.15, 0.2) is 42.6 Å². The van der Waals surface area contributed by atoms with Gasteiger partial charge in [-0.3, -0.25) is 14.7 Å². The first-order valence-electron chi connectivity index (χ1n) is 7.92. The van der Waals surface area contributed by atoms with E-state index in [1.54, 1.807) is 25.3 Å². The number of carbonyl (C=O) groups excluding carboxylic acids is 1. The summed E-state index contributed by atoms with van der Waals surface area (Å²) in [6.07, 6.45) is 1.81. The highest BCUT2D eigenvalue weighted by atomic mass is 35.5. The predicted molar refractivity (Wildman–Crippen MR) is 93.4 cm³/mol. The second kappa shape index (κ2) is 7.64. The van der Waals surface area contributed by atoms with Crippen LogP contribution in [0.5, 0.6) is 5.75 Å². The Morgan fingerprint density at radius 2 is 2.00 bits per heavy atom. The third kappa shape index (κ3) is 3.86. The maximum Gasteiger partial charge on any atom is 0.257 e. The summed E-state index contributed by atoms with van der Waals surface area (Å²) in [5, 5.41) is 0.559. The molecule has 0 unspecified atom stereocenters. The van der Waals surface area contributed by atoms with Crippen LogP contribution in [-0.4, -0.2) is 54.0 Å². The molecule has 0 bridgehead atoms. The van der Waals surface area contributed by atoms with Crippen LogP contribution in [0.2, 0.25) is 5.02 Å². The van der Waals surface area contributed by atoms with Crippen LogP contribution >= 0.6 is 11.6 Å². The molecule has 1 saturated heterocycles. The molecule has 2 heterocycles. The molecule has 126 valence electrons. The second-order valence-electron chi connectivity index (χ2n) is 5.73. The van der Waals surface area contributed by atoms with Gasteiger partial charge in [0.1, 0.15) is 5.75 Å². The number of nitrogens with zero attached hydrogens (tertiary/aromatic N) is 3. The maximum atomic E-state index is 12.7. The molecule has 1 aromatic carbocycles. The van der Waals surface area contributed by atoms with Crippen LogP contribution in [0.25, 0.3) is 0 Å². The van der Waals surface area contributed by atoms with E-state index in [2.05, 4.69) is 9.88 Å². The molecule has 1 amide bonds. The van der Waals surface area contributed by atoms with E-state index in [-0.39, 0.29) is 5.91 Å². The van der Waals surface area contributed by atoms with E-state index in [1.165, 1.54) is 0 Å². The number of hydrogen-bond acceptors (Lipinski definition) is 4. The lowest BCUT2D eigenvalue weighted by atomic mass is 10.1. The third-order valence-electron chi connectivity index (χ3n) is 4.17. The molecule has 3 rings (SSSR count). The summed E-state index contributed by atoms with van der Waals surface area (Å²) in [7, 11) is 1.55. The van der Waals surface area contributed by atoms with Gasteiger partial charge < -0.3 is 9.64 Å². The Bertz CT molecular complexity index is 701. The van der Waals surface area contributed by atoms with Crippen molar-refractivity contribution in [3.05, 3.63) is 58.9 Å². The highest BCUT2D eigenvalue weighted by Crippen LogP contribution is 2.25. The van der Waals surface area contributed by atoms with Crippen molar-refractivity contribution in [2.24, 2.45) is 0 Å². The zero-order chi connectivity index (χ0) is 16.9. The van der Waals surface area contributed by atoms with Gasteiger partial charge in [0.25, 0.3) is 5.91 Å². The third-order valence-corrected chi connectivity index (χ3v) is 4.40. The van der Waals surface area contributed by atoms with Crippen molar-refractivity contribution < 1.29 is 9.53 Å². The van der Waals surface area contributed by atoms with Crippen molar-refractivity contribution in [3.8, 4) is 5.75 Å². The van der Waals surface area contributed by atoms with Gasteiger partial charge in [0, 0.05) is 43.9 Å². The minimum Gasteiger partial charge on any atom is -0.496 e. The summed E-state index contributed by atoms with van der Waals surface area (Å²) < 4.78 is 5.29. The average molecular weight is 346 g/mol. The molecule has 1 fully saturated rings. The van der Waals surface area contributed by atoms with Crippen molar-refractivity contribution in [1.29, 1.82) is 0 Å². The standard InChI is InChI=1S/C18H20ClN3O2/c1-24-17-12-14(19)5-6-16(17)18(23)22-10-8-21(9-11-22)13-15-4-2-3-7-20-15/h2-7,12H,8-11,13H2,1H3. The molecule has 0 aliphatic carbocycles. The van der Waals surface area contributed by atoms with Crippen molar-refractivity contribution in [2.75, 3.05) is 33.3 Å². The summed E-state index contributed by atoms with van der Waals surface area (Å²) >= 11 is 5.96. The molecule has 2 aromatic rings. The Morgan fingerprint density at radius 3 is 2.67 bits per heavy atom. The second-order valence-corrected chi connectivity index (χ2v) is 6.17. The van der Waals surface area contributed by atoms with Gasteiger partial charge >= 0.3 is 0 Å². The van der Waals surface area contributed by atoms with Gasteiger partial charge in [-0.25, -0.2) is 0 Å². The van der Waals surface area contributed by atoms with E-state index >= 15 is 0 Å². The highest BCUT2D eigenvalue weighted by Gasteiger charge is 2.24. The first-order valence-corrected chi connectivity index (χ1v) is 8.30. The zero-order valence-corrected chi connectivity index (χ0v) is 14.4. The van der Waals surface area contributed by atoms with Gasteiger partial charge in [0.15, 0.2) is 0 Å². The van der Waals surface area contributed by atoms with E-state index < -0.39 is 0 Å². The predicted octanol–water partition coefficient (Wildman–Crippen LogP) is 2.70. The Morgan fingerprint density at radius 1 is 1.21 bits per heavy atom. The molecule has 24 heavy (non-hydrogen) atoms. The van der Waals surface area contributed by atoms with Crippen molar-refractivity contribution >= 4 is 17.5 Å². The molecule has 1 aliphatic heterocycles. The first-order chi connectivity index (χ1) is 11.7. The SMILES string of the molecule is COc1cc(Cl)ccc1C(=O)N1CCN(Cc2ccccn2)CC1. The van der Waals surface area contributed by atoms with E-state index in [0.717, 1.165) is 25.3 Å². The van der Waals surface area contributed by atoms with Gasteiger partial charge in [-0.05, 0) is 30.3 Å². The van der Waals surface area contributed by atoms with Crippen LogP contribution in [0.4, 0.5) is 0 Å². The summed E-state index contributed by atoms with van der Waals surface area (Å²) in [6.45, 7) is 3.86. The van der Waals surface area contributed by atoms with Crippen molar-refractivity contribution in [1.82, 2.24) is 14.8 Å². The smallest absolute Gasteiger partial charge is 0.257 e. The number of ether oxygens (including phenoxy) is 1. The fourth-order valence-electron chi connectivity index (χ4n) is 2.84.